The van der Waals surface area contributed by atoms with Gasteiger partial charge in [0.1, 0.15) is 0 Å². The predicted octanol–water partition coefficient (Wildman–Crippen LogP) is 1.84. The molecule has 0 bridgehead atoms. The van der Waals surface area contributed by atoms with Crippen molar-refractivity contribution in [3.8, 4) is 0 Å². The van der Waals surface area contributed by atoms with Crippen LogP contribution >= 0.6 is 0 Å². The van der Waals surface area contributed by atoms with Crippen molar-refractivity contribution in [3.05, 3.63) is 33.7 Å². The third kappa shape index (κ3) is 1.77. The van der Waals surface area contributed by atoms with Gasteiger partial charge in [0.05, 0.1) is 11.0 Å². The maximum Gasteiger partial charge on any atom is 0.328 e. The molecule has 0 aliphatic carbocycles. The number of nitrogens with zero attached hydrogens (tertiary/aromatic N) is 2. The Morgan fingerprint density at radius 3 is 2.11 bits per heavy atom. The van der Waals surface area contributed by atoms with E-state index >= 15 is 0 Å². The lowest BCUT2D eigenvalue weighted by molar-refractivity contribution is 0.512. The van der Waals surface area contributed by atoms with Crippen molar-refractivity contribution in [2.24, 2.45) is 25.7 Å². The minimum atomic E-state index is -0.000307. The van der Waals surface area contributed by atoms with Gasteiger partial charge in [0.2, 0.25) is 0 Å². The van der Waals surface area contributed by atoms with E-state index in [1.807, 2.05) is 6.07 Å². The molecule has 1 unspecified atom stereocenters. The second kappa shape index (κ2) is 4.28. The summed E-state index contributed by atoms with van der Waals surface area (Å²) in [5.41, 5.74) is 10.4. The lowest BCUT2D eigenvalue weighted by Crippen LogP contribution is -2.19. The summed E-state index contributed by atoms with van der Waals surface area (Å²) in [6.07, 6.45) is 0. The Hall–Kier alpha value is -1.55. The van der Waals surface area contributed by atoms with Gasteiger partial charge in [-0.15, -0.1) is 0 Å². The largest absolute Gasteiger partial charge is 0.328 e. The Kier molecular flexibility index (Phi) is 3.07. The van der Waals surface area contributed by atoms with Crippen LogP contribution in [0.4, 0.5) is 0 Å². The highest BCUT2D eigenvalue weighted by molar-refractivity contribution is 5.78. The van der Waals surface area contributed by atoms with Gasteiger partial charge in [0, 0.05) is 20.1 Å². The van der Waals surface area contributed by atoms with Gasteiger partial charge in [-0.2, -0.15) is 0 Å². The highest BCUT2D eigenvalue weighted by Gasteiger charge is 2.16. The summed E-state index contributed by atoms with van der Waals surface area (Å²) in [5, 5.41) is 0. The van der Waals surface area contributed by atoms with Crippen molar-refractivity contribution in [2.75, 3.05) is 0 Å². The molecule has 1 heterocycles. The van der Waals surface area contributed by atoms with Gasteiger partial charge in [0.15, 0.2) is 0 Å². The zero-order valence-electron chi connectivity index (χ0n) is 11.7. The molecule has 0 spiro atoms. The third-order valence-electron chi connectivity index (χ3n) is 3.74. The van der Waals surface area contributed by atoms with Gasteiger partial charge in [-0.1, -0.05) is 13.8 Å². The van der Waals surface area contributed by atoms with E-state index < -0.39 is 0 Å². The lowest BCUT2D eigenvalue weighted by Gasteiger charge is -2.18. The lowest BCUT2D eigenvalue weighted by atomic mass is 9.93. The Balaban J connectivity index is 2.77. The van der Waals surface area contributed by atoms with E-state index in [1.54, 1.807) is 23.2 Å². The molecule has 1 aromatic heterocycles. The van der Waals surface area contributed by atoms with Crippen molar-refractivity contribution < 1.29 is 0 Å². The first kappa shape index (κ1) is 12.9. The van der Waals surface area contributed by atoms with Gasteiger partial charge in [-0.3, -0.25) is 9.13 Å². The minimum Gasteiger partial charge on any atom is -0.324 e. The molecule has 18 heavy (non-hydrogen) atoms. The summed E-state index contributed by atoms with van der Waals surface area (Å²) in [4.78, 5) is 11.9. The third-order valence-corrected chi connectivity index (χ3v) is 3.74. The summed E-state index contributed by atoms with van der Waals surface area (Å²) in [5.74, 6) is 0.377. The fourth-order valence-corrected chi connectivity index (χ4v) is 2.38. The summed E-state index contributed by atoms with van der Waals surface area (Å²) in [7, 11) is 3.59. The van der Waals surface area contributed by atoms with Crippen molar-refractivity contribution in [3.63, 3.8) is 0 Å². The highest BCUT2D eigenvalue weighted by atomic mass is 16.1. The Labute approximate surface area is 107 Å². The van der Waals surface area contributed by atoms with E-state index in [9.17, 15) is 4.79 Å². The van der Waals surface area contributed by atoms with E-state index in [0.717, 1.165) is 22.2 Å². The van der Waals surface area contributed by atoms with Crippen LogP contribution in [0.2, 0.25) is 0 Å². The van der Waals surface area contributed by atoms with Crippen LogP contribution in [0.3, 0.4) is 0 Å². The molecule has 0 aliphatic heterocycles. The van der Waals surface area contributed by atoms with Crippen molar-refractivity contribution >= 4 is 11.0 Å². The van der Waals surface area contributed by atoms with Crippen molar-refractivity contribution in [1.29, 1.82) is 0 Å². The second-order valence-electron chi connectivity index (χ2n) is 5.37. The Bertz CT molecular complexity index is 649. The topological polar surface area (TPSA) is 52.9 Å². The van der Waals surface area contributed by atoms with E-state index in [0.29, 0.717) is 5.92 Å². The van der Waals surface area contributed by atoms with Crippen LogP contribution < -0.4 is 11.4 Å². The van der Waals surface area contributed by atoms with Crippen LogP contribution in [0.25, 0.3) is 11.0 Å². The molecular formula is C14H21N3O. The maximum atomic E-state index is 11.9. The van der Waals surface area contributed by atoms with Crippen LogP contribution in [-0.4, -0.2) is 9.13 Å². The average molecular weight is 247 g/mol. The minimum absolute atomic E-state index is 0.000307. The zero-order chi connectivity index (χ0) is 13.6. The number of rotatable bonds is 2. The highest BCUT2D eigenvalue weighted by Crippen LogP contribution is 2.26. The molecule has 4 heteroatoms. The van der Waals surface area contributed by atoms with Crippen molar-refractivity contribution in [1.82, 2.24) is 9.13 Å². The number of benzene rings is 1. The molecule has 1 aromatic carbocycles. The quantitative estimate of drug-likeness (QED) is 0.880. The normalized spacial score (nSPS) is 13.5. The summed E-state index contributed by atoms with van der Waals surface area (Å²) in [6.45, 7) is 6.27. The Morgan fingerprint density at radius 1 is 1.11 bits per heavy atom. The van der Waals surface area contributed by atoms with Crippen LogP contribution in [0.1, 0.15) is 31.0 Å². The summed E-state index contributed by atoms with van der Waals surface area (Å²) < 4.78 is 3.35. The van der Waals surface area contributed by atoms with Gasteiger partial charge in [-0.25, -0.2) is 4.79 Å². The monoisotopic (exact) mass is 247 g/mol. The van der Waals surface area contributed by atoms with E-state index in [4.69, 9.17) is 5.73 Å². The number of fused-ring (bicyclic) bond motifs is 1. The zero-order valence-corrected chi connectivity index (χ0v) is 11.7. The molecule has 0 radical (unpaired) electrons. The fourth-order valence-electron chi connectivity index (χ4n) is 2.38. The molecule has 0 amide bonds. The first-order chi connectivity index (χ1) is 8.34. The first-order valence-corrected chi connectivity index (χ1v) is 6.26. The molecule has 2 aromatic rings. The van der Waals surface area contributed by atoms with Gasteiger partial charge in [0.25, 0.3) is 0 Å². The summed E-state index contributed by atoms with van der Waals surface area (Å²) >= 11 is 0. The van der Waals surface area contributed by atoms with Gasteiger partial charge < -0.3 is 5.73 Å². The molecule has 2 N–H and O–H groups in total. The number of nitrogens with two attached hydrogens (primary N) is 1. The number of aromatic nitrogens is 2. The van der Waals surface area contributed by atoms with Crippen LogP contribution in [0, 0.1) is 12.8 Å². The number of aryl methyl sites for hydroxylation is 3. The maximum absolute atomic E-state index is 11.9. The van der Waals surface area contributed by atoms with Gasteiger partial charge >= 0.3 is 5.69 Å². The molecule has 2 rings (SSSR count). The molecule has 0 saturated heterocycles. The van der Waals surface area contributed by atoms with Gasteiger partial charge in [-0.05, 0) is 36.1 Å². The smallest absolute Gasteiger partial charge is 0.324 e. The predicted molar refractivity (Wildman–Crippen MR) is 74.7 cm³/mol. The SMILES string of the molecule is Cc1cc2c(cc1C(N)C(C)C)n(C)c(=O)n2C. The van der Waals surface area contributed by atoms with Crippen LogP contribution in [-0.2, 0) is 14.1 Å². The molecule has 1 atom stereocenters. The number of imidazole rings is 1. The molecule has 0 aliphatic rings. The number of hydrogen-bond donors (Lipinski definition) is 1. The molecule has 98 valence electrons. The van der Waals surface area contributed by atoms with Crippen LogP contribution in [0.15, 0.2) is 16.9 Å². The van der Waals surface area contributed by atoms with Crippen LogP contribution in [0.5, 0.6) is 0 Å². The molecule has 0 fully saturated rings. The average Bonchev–Trinajstić information content (AvgIpc) is 2.53. The standard InChI is InChI=1S/C14H21N3O/c1-8(2)13(15)10-7-12-11(6-9(10)3)16(4)14(18)17(12)5/h6-8,13H,15H2,1-5H3. The van der Waals surface area contributed by atoms with Crippen molar-refractivity contribution in [2.45, 2.75) is 26.8 Å². The first-order valence-electron chi connectivity index (χ1n) is 6.26. The molecular weight excluding hydrogens is 226 g/mol. The molecule has 4 nitrogen and oxygen atoms in total. The van der Waals surface area contributed by atoms with E-state index in [2.05, 4.69) is 26.8 Å². The summed E-state index contributed by atoms with van der Waals surface area (Å²) in [6, 6.07) is 4.11. The second-order valence-corrected chi connectivity index (χ2v) is 5.37. The number of hydrogen-bond acceptors (Lipinski definition) is 2. The fraction of sp³-hybridized carbons (Fsp3) is 0.500. The van der Waals surface area contributed by atoms with E-state index in [1.165, 1.54) is 0 Å². The van der Waals surface area contributed by atoms with E-state index in [-0.39, 0.29) is 11.7 Å². The Morgan fingerprint density at radius 2 is 1.61 bits per heavy atom. The molecule has 0 saturated carbocycles.